The van der Waals surface area contributed by atoms with Crippen molar-refractivity contribution >= 4 is 5.91 Å². The summed E-state index contributed by atoms with van der Waals surface area (Å²) in [5.41, 5.74) is 0.729. The minimum Gasteiger partial charge on any atom is -0.494 e. The quantitative estimate of drug-likeness (QED) is 0.886. The van der Waals surface area contributed by atoms with Gasteiger partial charge in [0, 0.05) is 26.2 Å². The van der Waals surface area contributed by atoms with Crippen molar-refractivity contribution in [3.63, 3.8) is 0 Å². The predicted molar refractivity (Wildman–Crippen MR) is 76.7 cm³/mol. The Bertz CT molecular complexity index is 490. The van der Waals surface area contributed by atoms with Gasteiger partial charge in [-0.2, -0.15) is 0 Å². The largest absolute Gasteiger partial charge is 0.494 e. The zero-order chi connectivity index (χ0) is 15.2. The summed E-state index contributed by atoms with van der Waals surface area (Å²) < 4.78 is 24.1. The van der Waals surface area contributed by atoms with Crippen LogP contribution in [0.5, 0.6) is 5.75 Å². The Morgan fingerprint density at radius 3 is 2.95 bits per heavy atom. The smallest absolute Gasteiger partial charge is 0.253 e. The normalized spacial score (nSPS) is 18.3. The summed E-state index contributed by atoms with van der Waals surface area (Å²) in [7, 11) is 1.42. The van der Waals surface area contributed by atoms with Gasteiger partial charge in [0.05, 0.1) is 13.7 Å². The Morgan fingerprint density at radius 2 is 2.38 bits per heavy atom. The number of carbonyl (C=O) groups excluding carboxylic acids is 1. The number of nitrogens with one attached hydrogen (secondary N) is 1. The van der Waals surface area contributed by atoms with E-state index in [2.05, 4.69) is 5.32 Å². The lowest BCUT2D eigenvalue weighted by Gasteiger charge is -2.29. The molecule has 1 heterocycles. The first kappa shape index (κ1) is 15.7. The third kappa shape index (κ3) is 3.92. The highest BCUT2D eigenvalue weighted by molar-refractivity contribution is 5.81. The van der Waals surface area contributed by atoms with Crippen molar-refractivity contribution in [2.24, 2.45) is 0 Å². The third-order valence-corrected chi connectivity index (χ3v) is 3.49. The number of hydrogen-bond acceptors (Lipinski definition) is 4. The second-order valence-corrected chi connectivity index (χ2v) is 4.88. The van der Waals surface area contributed by atoms with Gasteiger partial charge >= 0.3 is 0 Å². The van der Waals surface area contributed by atoms with Gasteiger partial charge in [0.1, 0.15) is 6.10 Å². The lowest BCUT2D eigenvalue weighted by atomic mass is 10.1. The number of ether oxygens (including phenoxy) is 2. The molecule has 21 heavy (non-hydrogen) atoms. The minimum atomic E-state index is -0.457. The van der Waals surface area contributed by atoms with E-state index >= 15 is 0 Å². The molecule has 0 saturated carbocycles. The zero-order valence-corrected chi connectivity index (χ0v) is 12.4. The van der Waals surface area contributed by atoms with E-state index in [-0.39, 0.29) is 11.7 Å². The molecular weight excluding hydrogens is 275 g/mol. The number of amides is 1. The Kier molecular flexibility index (Phi) is 5.52. The van der Waals surface area contributed by atoms with Crippen LogP contribution in [0.3, 0.4) is 0 Å². The summed E-state index contributed by atoms with van der Waals surface area (Å²) in [6, 6.07) is 4.73. The molecule has 2 rings (SSSR count). The van der Waals surface area contributed by atoms with E-state index in [4.69, 9.17) is 9.47 Å². The minimum absolute atomic E-state index is 0.0686. The van der Waals surface area contributed by atoms with Gasteiger partial charge in [0.2, 0.25) is 0 Å². The fourth-order valence-corrected chi connectivity index (χ4v) is 2.30. The van der Waals surface area contributed by atoms with E-state index in [1.165, 1.54) is 13.2 Å². The zero-order valence-electron chi connectivity index (χ0n) is 12.4. The lowest BCUT2D eigenvalue weighted by Crippen LogP contribution is -2.49. The number of methoxy groups -OCH3 is 1. The van der Waals surface area contributed by atoms with Gasteiger partial charge in [-0.15, -0.1) is 0 Å². The number of hydrogen-bond donors (Lipinski definition) is 1. The van der Waals surface area contributed by atoms with Crippen LogP contribution in [-0.4, -0.2) is 50.3 Å². The highest BCUT2D eigenvalue weighted by Gasteiger charge is 2.26. The topological polar surface area (TPSA) is 50.8 Å². The highest BCUT2D eigenvalue weighted by atomic mass is 19.1. The molecule has 0 aromatic heterocycles. The summed E-state index contributed by atoms with van der Waals surface area (Å²) in [6.07, 6.45) is -0.457. The molecule has 116 valence electrons. The standard InChI is InChI=1S/C15H21FN2O3/c1-3-18(15(19)14-9-17-6-7-21-14)10-11-4-5-13(20-2)12(16)8-11/h4-5,8,14,17H,3,6-7,9-10H2,1-2H3. The molecule has 5 nitrogen and oxygen atoms in total. The first-order valence-electron chi connectivity index (χ1n) is 7.09. The number of benzene rings is 1. The molecule has 1 amide bonds. The van der Waals surface area contributed by atoms with E-state index in [9.17, 15) is 9.18 Å². The van der Waals surface area contributed by atoms with E-state index in [0.29, 0.717) is 26.2 Å². The highest BCUT2D eigenvalue weighted by Crippen LogP contribution is 2.19. The average molecular weight is 296 g/mol. The second-order valence-electron chi connectivity index (χ2n) is 4.88. The molecule has 0 spiro atoms. The molecule has 0 aliphatic carbocycles. The molecule has 0 bridgehead atoms. The van der Waals surface area contributed by atoms with Crippen molar-refractivity contribution in [2.75, 3.05) is 33.4 Å². The molecule has 1 fully saturated rings. The van der Waals surface area contributed by atoms with Crippen LogP contribution >= 0.6 is 0 Å². The van der Waals surface area contributed by atoms with Gasteiger partial charge in [-0.25, -0.2) is 4.39 Å². The molecular formula is C15H21FN2O3. The number of rotatable bonds is 5. The molecule has 1 atom stereocenters. The summed E-state index contributed by atoms with van der Waals surface area (Å²) in [5.74, 6) is -0.289. The van der Waals surface area contributed by atoms with Crippen LogP contribution in [0.4, 0.5) is 4.39 Å². The van der Waals surface area contributed by atoms with Gasteiger partial charge in [0.15, 0.2) is 11.6 Å². The Balaban J connectivity index is 2.04. The molecule has 1 unspecified atom stereocenters. The van der Waals surface area contributed by atoms with Gasteiger partial charge in [0.25, 0.3) is 5.91 Å². The molecule has 1 aliphatic heterocycles. The molecule has 1 aliphatic rings. The molecule has 0 radical (unpaired) electrons. The van der Waals surface area contributed by atoms with Crippen LogP contribution in [0.2, 0.25) is 0 Å². The average Bonchev–Trinajstić information content (AvgIpc) is 2.53. The van der Waals surface area contributed by atoms with Crippen molar-refractivity contribution in [1.29, 1.82) is 0 Å². The number of carbonyl (C=O) groups is 1. The van der Waals surface area contributed by atoms with Gasteiger partial charge in [-0.05, 0) is 24.6 Å². The molecule has 1 aromatic carbocycles. The van der Waals surface area contributed by atoms with Crippen LogP contribution in [0.25, 0.3) is 0 Å². The van der Waals surface area contributed by atoms with Crippen LogP contribution in [0.15, 0.2) is 18.2 Å². The van der Waals surface area contributed by atoms with Crippen molar-refractivity contribution in [3.05, 3.63) is 29.6 Å². The predicted octanol–water partition coefficient (Wildman–Crippen LogP) is 1.17. The Morgan fingerprint density at radius 1 is 1.57 bits per heavy atom. The fraction of sp³-hybridized carbons (Fsp3) is 0.533. The number of likely N-dealkylation sites (N-methyl/N-ethyl adjacent to an activating group) is 1. The van der Waals surface area contributed by atoms with Crippen molar-refractivity contribution in [3.8, 4) is 5.75 Å². The molecule has 1 aromatic rings. The van der Waals surface area contributed by atoms with Gasteiger partial charge < -0.3 is 19.7 Å². The van der Waals surface area contributed by atoms with Crippen molar-refractivity contribution < 1.29 is 18.7 Å². The summed E-state index contributed by atoms with van der Waals surface area (Å²) >= 11 is 0. The molecule has 6 heteroatoms. The summed E-state index contributed by atoms with van der Waals surface area (Å²) in [6.45, 7) is 4.62. The van der Waals surface area contributed by atoms with Gasteiger partial charge in [-0.3, -0.25) is 4.79 Å². The maximum atomic E-state index is 13.7. The number of nitrogens with zero attached hydrogens (tertiary/aromatic N) is 1. The molecule has 1 N–H and O–H groups in total. The number of morpholine rings is 1. The van der Waals surface area contributed by atoms with Crippen molar-refractivity contribution in [1.82, 2.24) is 10.2 Å². The van der Waals surface area contributed by atoms with Crippen LogP contribution < -0.4 is 10.1 Å². The maximum absolute atomic E-state index is 13.7. The maximum Gasteiger partial charge on any atom is 0.253 e. The second kappa shape index (κ2) is 7.38. The first-order valence-corrected chi connectivity index (χ1v) is 7.09. The Hall–Kier alpha value is -1.66. The molecule has 1 saturated heterocycles. The van der Waals surface area contributed by atoms with Crippen LogP contribution in [0.1, 0.15) is 12.5 Å². The third-order valence-electron chi connectivity index (χ3n) is 3.49. The van der Waals surface area contributed by atoms with Gasteiger partial charge in [-0.1, -0.05) is 6.07 Å². The fourth-order valence-electron chi connectivity index (χ4n) is 2.30. The Labute approximate surface area is 124 Å². The van der Waals surface area contributed by atoms with Crippen molar-refractivity contribution in [2.45, 2.75) is 19.6 Å². The van der Waals surface area contributed by atoms with E-state index in [0.717, 1.165) is 12.1 Å². The summed E-state index contributed by atoms with van der Waals surface area (Å²) in [5, 5.41) is 3.13. The summed E-state index contributed by atoms with van der Waals surface area (Å²) in [4.78, 5) is 14.0. The van der Waals surface area contributed by atoms with E-state index in [1.54, 1.807) is 17.0 Å². The monoisotopic (exact) mass is 296 g/mol. The number of halogens is 1. The first-order chi connectivity index (χ1) is 10.2. The lowest BCUT2D eigenvalue weighted by molar-refractivity contribution is -0.145. The van der Waals surface area contributed by atoms with E-state index < -0.39 is 11.9 Å². The SMILES string of the molecule is CCN(Cc1ccc(OC)c(F)c1)C(=O)C1CNCCO1. The van der Waals surface area contributed by atoms with Crippen LogP contribution in [0, 0.1) is 5.82 Å². The van der Waals surface area contributed by atoms with Crippen LogP contribution in [-0.2, 0) is 16.1 Å². The van der Waals surface area contributed by atoms with E-state index in [1.807, 2.05) is 6.92 Å².